The van der Waals surface area contributed by atoms with Gasteiger partial charge in [-0.2, -0.15) is 0 Å². The van der Waals surface area contributed by atoms with Crippen LogP contribution in [0.3, 0.4) is 0 Å². The molecule has 1 atom stereocenters. The molecule has 0 aromatic heterocycles. The van der Waals surface area contributed by atoms with Gasteiger partial charge in [0.25, 0.3) is 0 Å². The number of nitrogens with zero attached hydrogens (tertiary/aromatic N) is 1. The highest BCUT2D eigenvalue weighted by Crippen LogP contribution is 2.22. The molecule has 0 radical (unpaired) electrons. The van der Waals surface area contributed by atoms with E-state index in [1.807, 2.05) is 0 Å². The zero-order valence-electron chi connectivity index (χ0n) is 13.9. The Morgan fingerprint density at radius 3 is 2.70 bits per heavy atom. The third kappa shape index (κ3) is 5.04. The van der Waals surface area contributed by atoms with Gasteiger partial charge in [0.2, 0.25) is 5.91 Å². The van der Waals surface area contributed by atoms with Crippen LogP contribution < -0.4 is 16.0 Å². The van der Waals surface area contributed by atoms with Gasteiger partial charge in [0.1, 0.15) is 0 Å². The first kappa shape index (κ1) is 17.4. The van der Waals surface area contributed by atoms with Gasteiger partial charge >= 0.3 is 6.03 Å². The van der Waals surface area contributed by atoms with E-state index < -0.39 is 6.03 Å². The molecule has 3 amide bonds. The molecular weight excluding hydrogens is 292 g/mol. The third-order valence-electron chi connectivity index (χ3n) is 4.23. The second-order valence-corrected chi connectivity index (χ2v) is 5.73. The first-order valence-corrected chi connectivity index (χ1v) is 8.19. The summed E-state index contributed by atoms with van der Waals surface area (Å²) in [6.45, 7) is 5.48. The summed E-state index contributed by atoms with van der Waals surface area (Å²) in [6, 6.07) is 8.49. The van der Waals surface area contributed by atoms with Crippen LogP contribution in [-0.2, 0) is 11.2 Å². The molecule has 1 fully saturated rings. The second kappa shape index (κ2) is 8.64. The third-order valence-corrected chi connectivity index (χ3v) is 4.23. The van der Waals surface area contributed by atoms with Gasteiger partial charge < -0.3 is 10.6 Å². The van der Waals surface area contributed by atoms with Gasteiger partial charge in [0, 0.05) is 45.7 Å². The molecule has 3 N–H and O–H groups in total. The minimum atomic E-state index is -0.456. The topological polar surface area (TPSA) is 73.5 Å². The molecule has 6 nitrogen and oxygen atoms in total. The molecule has 0 spiro atoms. The fourth-order valence-corrected chi connectivity index (χ4v) is 2.81. The molecule has 1 aromatic carbocycles. The molecule has 6 heteroatoms. The Kier molecular flexibility index (Phi) is 6.55. The van der Waals surface area contributed by atoms with Crippen LogP contribution >= 0.6 is 0 Å². The summed E-state index contributed by atoms with van der Waals surface area (Å²) in [4.78, 5) is 25.2. The predicted octanol–water partition coefficient (Wildman–Crippen LogP) is 1.04. The lowest BCUT2D eigenvalue weighted by Gasteiger charge is -2.36. The molecule has 0 aliphatic carbocycles. The van der Waals surface area contributed by atoms with Crippen molar-refractivity contribution in [2.24, 2.45) is 0 Å². The number of imide groups is 1. The van der Waals surface area contributed by atoms with Crippen LogP contribution in [0.4, 0.5) is 4.79 Å². The van der Waals surface area contributed by atoms with E-state index in [0.717, 1.165) is 26.1 Å². The number of rotatable bonds is 5. The average molecular weight is 318 g/mol. The number of urea groups is 1. The number of carbonyl (C=O) groups is 2. The quantitative estimate of drug-likeness (QED) is 0.758. The molecule has 1 unspecified atom stereocenters. The number of benzene rings is 1. The molecule has 126 valence electrons. The summed E-state index contributed by atoms with van der Waals surface area (Å²) >= 11 is 0. The average Bonchev–Trinajstić information content (AvgIpc) is 2.60. The number of carbonyl (C=O) groups excluding carboxylic acids is 2. The van der Waals surface area contributed by atoms with Crippen LogP contribution in [0, 0.1) is 0 Å². The van der Waals surface area contributed by atoms with Crippen LogP contribution in [0.1, 0.15) is 30.5 Å². The Labute approximate surface area is 137 Å². The molecule has 0 saturated carbocycles. The SMILES string of the molecule is CCc1ccc(C2CNCCN2CCC(=O)NC(=O)NC)cc1. The number of hydrogen-bond acceptors (Lipinski definition) is 4. The Morgan fingerprint density at radius 1 is 1.30 bits per heavy atom. The molecule has 1 saturated heterocycles. The summed E-state index contributed by atoms with van der Waals surface area (Å²) in [5.74, 6) is -0.247. The largest absolute Gasteiger partial charge is 0.341 e. The highest BCUT2D eigenvalue weighted by Gasteiger charge is 2.24. The minimum Gasteiger partial charge on any atom is -0.341 e. The predicted molar refractivity (Wildman–Crippen MR) is 90.2 cm³/mol. The Bertz CT molecular complexity index is 530. The molecule has 1 aliphatic rings. The van der Waals surface area contributed by atoms with E-state index in [4.69, 9.17) is 0 Å². The van der Waals surface area contributed by atoms with Crippen molar-refractivity contribution in [3.05, 3.63) is 35.4 Å². The summed E-state index contributed by atoms with van der Waals surface area (Å²) in [5.41, 5.74) is 2.59. The van der Waals surface area contributed by atoms with Gasteiger partial charge in [-0.3, -0.25) is 15.0 Å². The van der Waals surface area contributed by atoms with E-state index in [0.29, 0.717) is 13.0 Å². The van der Waals surface area contributed by atoms with Crippen molar-refractivity contribution in [1.29, 1.82) is 0 Å². The number of aryl methyl sites for hydroxylation is 1. The van der Waals surface area contributed by atoms with Crippen LogP contribution in [0.15, 0.2) is 24.3 Å². The molecule has 1 heterocycles. The van der Waals surface area contributed by atoms with Crippen LogP contribution in [-0.4, -0.2) is 50.1 Å². The molecule has 1 aliphatic heterocycles. The van der Waals surface area contributed by atoms with Crippen molar-refractivity contribution < 1.29 is 9.59 Å². The maximum absolute atomic E-state index is 11.8. The fraction of sp³-hybridized carbons (Fsp3) is 0.529. The van der Waals surface area contributed by atoms with Crippen molar-refractivity contribution in [2.75, 3.05) is 33.2 Å². The lowest BCUT2D eigenvalue weighted by molar-refractivity contribution is -0.120. The smallest absolute Gasteiger partial charge is 0.321 e. The van der Waals surface area contributed by atoms with Crippen LogP contribution in [0.2, 0.25) is 0 Å². The van der Waals surface area contributed by atoms with Crippen LogP contribution in [0.25, 0.3) is 0 Å². The van der Waals surface area contributed by atoms with Crippen molar-refractivity contribution in [1.82, 2.24) is 20.9 Å². The lowest BCUT2D eigenvalue weighted by atomic mass is 10.0. The normalized spacial score (nSPS) is 18.4. The van der Waals surface area contributed by atoms with Crippen molar-refractivity contribution in [3.8, 4) is 0 Å². The summed E-state index contributed by atoms with van der Waals surface area (Å²) < 4.78 is 0. The number of piperazine rings is 1. The van der Waals surface area contributed by atoms with Gasteiger partial charge in [-0.05, 0) is 17.5 Å². The van der Waals surface area contributed by atoms with E-state index in [2.05, 4.69) is 52.0 Å². The molecule has 2 rings (SSSR count). The van der Waals surface area contributed by atoms with Gasteiger partial charge in [-0.25, -0.2) is 4.79 Å². The lowest BCUT2D eigenvalue weighted by Crippen LogP contribution is -2.47. The molecule has 0 bridgehead atoms. The number of nitrogens with one attached hydrogen (secondary N) is 3. The zero-order valence-corrected chi connectivity index (χ0v) is 13.9. The summed E-state index contributed by atoms with van der Waals surface area (Å²) in [6.07, 6.45) is 1.35. The van der Waals surface area contributed by atoms with Crippen molar-refractivity contribution >= 4 is 11.9 Å². The monoisotopic (exact) mass is 318 g/mol. The highest BCUT2D eigenvalue weighted by molar-refractivity contribution is 5.94. The van der Waals surface area contributed by atoms with E-state index in [1.165, 1.54) is 18.2 Å². The molecular formula is C17H26N4O2. The standard InChI is InChI=1S/C17H26N4O2/c1-3-13-4-6-14(7-5-13)15-12-19-9-11-21(15)10-8-16(22)20-17(23)18-2/h4-7,15,19H,3,8-12H2,1-2H3,(H2,18,20,22,23). The summed E-state index contributed by atoms with van der Waals surface area (Å²) in [7, 11) is 1.49. The van der Waals surface area contributed by atoms with Gasteiger partial charge in [-0.15, -0.1) is 0 Å². The fourth-order valence-electron chi connectivity index (χ4n) is 2.81. The van der Waals surface area contributed by atoms with Gasteiger partial charge in [0.15, 0.2) is 0 Å². The zero-order chi connectivity index (χ0) is 16.7. The Balaban J connectivity index is 1.95. The first-order valence-electron chi connectivity index (χ1n) is 8.19. The van der Waals surface area contributed by atoms with E-state index in [1.54, 1.807) is 0 Å². The van der Waals surface area contributed by atoms with Crippen molar-refractivity contribution in [3.63, 3.8) is 0 Å². The molecule has 1 aromatic rings. The van der Waals surface area contributed by atoms with Gasteiger partial charge in [-0.1, -0.05) is 31.2 Å². The van der Waals surface area contributed by atoms with Gasteiger partial charge in [0.05, 0.1) is 0 Å². The van der Waals surface area contributed by atoms with E-state index in [9.17, 15) is 9.59 Å². The first-order chi connectivity index (χ1) is 11.1. The highest BCUT2D eigenvalue weighted by atomic mass is 16.2. The number of amides is 3. The Hall–Kier alpha value is -1.92. The van der Waals surface area contributed by atoms with E-state index in [-0.39, 0.29) is 11.9 Å². The summed E-state index contributed by atoms with van der Waals surface area (Å²) in [5, 5.41) is 8.11. The van der Waals surface area contributed by atoms with E-state index >= 15 is 0 Å². The van der Waals surface area contributed by atoms with Crippen LogP contribution in [0.5, 0.6) is 0 Å². The second-order valence-electron chi connectivity index (χ2n) is 5.73. The minimum absolute atomic E-state index is 0.247. The molecule has 23 heavy (non-hydrogen) atoms. The maximum atomic E-state index is 11.8. The number of hydrogen-bond donors (Lipinski definition) is 3. The Morgan fingerprint density at radius 2 is 2.04 bits per heavy atom. The van der Waals surface area contributed by atoms with Crippen molar-refractivity contribution in [2.45, 2.75) is 25.8 Å². The maximum Gasteiger partial charge on any atom is 0.321 e.